The fraction of sp³-hybridized carbons (Fsp3) is 0.263. The molecule has 1 atom stereocenters. The summed E-state index contributed by atoms with van der Waals surface area (Å²) in [6, 6.07) is 5.87. The Kier molecular flexibility index (Phi) is 4.24. The molecule has 146 valence electrons. The van der Waals surface area contributed by atoms with Crippen LogP contribution in [0, 0.1) is 11.6 Å². The summed E-state index contributed by atoms with van der Waals surface area (Å²) in [7, 11) is 0. The Labute approximate surface area is 156 Å². The number of rotatable bonds is 5. The van der Waals surface area contributed by atoms with Gasteiger partial charge >= 0.3 is 0 Å². The molecule has 1 aliphatic heterocycles. The van der Waals surface area contributed by atoms with E-state index in [2.05, 4.69) is 9.97 Å². The van der Waals surface area contributed by atoms with Crippen LogP contribution in [0.1, 0.15) is 24.9 Å². The third-order valence-electron chi connectivity index (χ3n) is 4.51. The van der Waals surface area contributed by atoms with Gasteiger partial charge in [0.25, 0.3) is 5.92 Å². The number of alkyl halides is 2. The fourth-order valence-electron chi connectivity index (χ4n) is 3.22. The van der Waals surface area contributed by atoms with Crippen molar-refractivity contribution in [2.24, 2.45) is 0 Å². The van der Waals surface area contributed by atoms with E-state index >= 15 is 0 Å². The van der Waals surface area contributed by atoms with E-state index in [1.54, 1.807) is 18.2 Å². The Morgan fingerprint density at radius 2 is 1.96 bits per heavy atom. The van der Waals surface area contributed by atoms with Gasteiger partial charge in [-0.05, 0) is 18.2 Å². The van der Waals surface area contributed by atoms with Crippen LogP contribution in [0.4, 0.5) is 23.2 Å². The van der Waals surface area contributed by atoms with Crippen LogP contribution in [-0.2, 0) is 4.79 Å². The molecule has 1 amide bonds. The first kappa shape index (κ1) is 18.3. The predicted molar refractivity (Wildman–Crippen MR) is 93.4 cm³/mol. The molecule has 0 spiro atoms. The summed E-state index contributed by atoms with van der Waals surface area (Å²) < 4.78 is 59.7. The van der Waals surface area contributed by atoms with Crippen LogP contribution in [0.15, 0.2) is 36.7 Å². The number of fused-ring (bicyclic) bond motifs is 1. The molecule has 1 saturated heterocycles. The minimum Gasteiger partial charge on any atom is -0.487 e. The minimum absolute atomic E-state index is 0.0674. The Morgan fingerprint density at radius 1 is 1.25 bits per heavy atom. The van der Waals surface area contributed by atoms with Gasteiger partial charge in [0.05, 0.1) is 29.8 Å². The molecular weight excluding hydrogens is 378 g/mol. The second-order valence-corrected chi connectivity index (χ2v) is 6.75. The van der Waals surface area contributed by atoms with E-state index < -0.39 is 30.2 Å². The molecule has 3 aromatic rings. The number of halogens is 4. The van der Waals surface area contributed by atoms with Crippen molar-refractivity contribution in [1.29, 1.82) is 0 Å². The van der Waals surface area contributed by atoms with E-state index in [0.29, 0.717) is 23.6 Å². The van der Waals surface area contributed by atoms with Crippen molar-refractivity contribution in [2.75, 3.05) is 11.5 Å². The number of carbonyl (C=O) groups excluding carboxylic acids is 1. The quantitative estimate of drug-likeness (QED) is 0.518. The molecule has 1 fully saturated rings. The standard InChI is InChI=1S/C19H15F4N3O2/c1-19(22,23)8-28-11-5-12(20)18(13(21)6-11)16-7-17(27)26(16)10-2-3-14-15(4-10)25-9-24-14/h2-6,9,16H,7-8H2,1H3,(H,24,25)/t16-/m1/s1. The SMILES string of the molecule is CC(F)(F)COc1cc(F)c([C@H]2CC(=O)N2c2ccc3nc[nH]c3c2)c(F)c1. The Hall–Kier alpha value is -3.10. The van der Waals surface area contributed by atoms with E-state index in [4.69, 9.17) is 4.74 Å². The van der Waals surface area contributed by atoms with Crippen molar-refractivity contribution in [1.82, 2.24) is 9.97 Å². The van der Waals surface area contributed by atoms with Gasteiger partial charge in [0.15, 0.2) is 6.61 Å². The normalized spacial score (nSPS) is 17.1. The van der Waals surface area contributed by atoms with E-state index in [1.807, 2.05) is 0 Å². The maximum atomic E-state index is 14.6. The molecule has 2 aromatic carbocycles. The second kappa shape index (κ2) is 6.50. The fourth-order valence-corrected chi connectivity index (χ4v) is 3.22. The molecule has 1 aliphatic rings. The van der Waals surface area contributed by atoms with Crippen LogP contribution < -0.4 is 9.64 Å². The van der Waals surface area contributed by atoms with Crippen molar-refractivity contribution < 1.29 is 27.1 Å². The second-order valence-electron chi connectivity index (χ2n) is 6.75. The molecule has 0 saturated carbocycles. The number of nitrogens with one attached hydrogen (secondary N) is 1. The van der Waals surface area contributed by atoms with Crippen LogP contribution in [-0.4, -0.2) is 28.4 Å². The van der Waals surface area contributed by atoms with E-state index in [9.17, 15) is 22.4 Å². The molecule has 0 radical (unpaired) electrons. The molecule has 0 bridgehead atoms. The Bertz CT molecular complexity index is 1040. The highest BCUT2D eigenvalue weighted by atomic mass is 19.3. The third-order valence-corrected chi connectivity index (χ3v) is 4.51. The molecule has 2 heterocycles. The number of aromatic amines is 1. The van der Waals surface area contributed by atoms with Crippen LogP contribution in [0.2, 0.25) is 0 Å². The number of amides is 1. The largest absolute Gasteiger partial charge is 0.487 e. The number of β-lactam (4-membered cyclic amide) rings is 1. The summed E-state index contributed by atoms with van der Waals surface area (Å²) in [5.41, 5.74) is 1.55. The van der Waals surface area contributed by atoms with Gasteiger partial charge in [-0.25, -0.2) is 22.5 Å². The third kappa shape index (κ3) is 3.28. The number of benzene rings is 2. The molecule has 0 aliphatic carbocycles. The van der Waals surface area contributed by atoms with E-state index in [0.717, 1.165) is 12.1 Å². The molecule has 0 unspecified atom stereocenters. The summed E-state index contributed by atoms with van der Waals surface area (Å²) in [5.74, 6) is -5.67. The number of ether oxygens (including phenoxy) is 1. The Balaban J connectivity index is 1.63. The van der Waals surface area contributed by atoms with Gasteiger partial charge in [0.2, 0.25) is 5.91 Å². The van der Waals surface area contributed by atoms with Gasteiger partial charge in [-0.2, -0.15) is 0 Å². The van der Waals surface area contributed by atoms with Crippen molar-refractivity contribution >= 4 is 22.6 Å². The van der Waals surface area contributed by atoms with Gasteiger partial charge in [-0.1, -0.05) is 0 Å². The summed E-state index contributed by atoms with van der Waals surface area (Å²) in [4.78, 5) is 20.4. The first-order valence-corrected chi connectivity index (χ1v) is 8.48. The number of hydrogen-bond donors (Lipinski definition) is 1. The highest BCUT2D eigenvalue weighted by molar-refractivity contribution is 6.02. The zero-order valence-corrected chi connectivity index (χ0v) is 14.7. The summed E-state index contributed by atoms with van der Waals surface area (Å²) >= 11 is 0. The summed E-state index contributed by atoms with van der Waals surface area (Å²) in [6.07, 6.45) is 1.43. The van der Waals surface area contributed by atoms with Crippen molar-refractivity contribution in [3.8, 4) is 5.75 Å². The van der Waals surface area contributed by atoms with Crippen LogP contribution >= 0.6 is 0 Å². The highest BCUT2D eigenvalue weighted by Gasteiger charge is 2.41. The lowest BCUT2D eigenvalue weighted by Crippen LogP contribution is -2.47. The van der Waals surface area contributed by atoms with E-state index in [1.165, 1.54) is 11.2 Å². The maximum absolute atomic E-state index is 14.6. The Morgan fingerprint density at radius 3 is 2.61 bits per heavy atom. The first-order chi connectivity index (χ1) is 13.2. The molecule has 1 N–H and O–H groups in total. The van der Waals surface area contributed by atoms with Crippen LogP contribution in [0.3, 0.4) is 0 Å². The smallest absolute Gasteiger partial charge is 0.278 e. The zero-order chi connectivity index (χ0) is 20.1. The molecular formula is C19H15F4N3O2. The molecule has 4 rings (SSSR count). The lowest BCUT2D eigenvalue weighted by atomic mass is 9.92. The average Bonchev–Trinajstić information content (AvgIpc) is 3.05. The first-order valence-electron chi connectivity index (χ1n) is 8.48. The maximum Gasteiger partial charge on any atom is 0.278 e. The molecule has 28 heavy (non-hydrogen) atoms. The topological polar surface area (TPSA) is 58.2 Å². The highest BCUT2D eigenvalue weighted by Crippen LogP contribution is 2.42. The lowest BCUT2D eigenvalue weighted by Gasteiger charge is -2.41. The zero-order valence-electron chi connectivity index (χ0n) is 14.7. The van der Waals surface area contributed by atoms with Gasteiger partial charge in [0.1, 0.15) is 17.4 Å². The van der Waals surface area contributed by atoms with Crippen LogP contribution in [0.5, 0.6) is 5.75 Å². The molecule has 1 aromatic heterocycles. The molecule has 9 heteroatoms. The van der Waals surface area contributed by atoms with E-state index in [-0.39, 0.29) is 23.6 Å². The number of H-pyrrole nitrogens is 1. The number of anilines is 1. The van der Waals surface area contributed by atoms with Crippen molar-refractivity contribution in [3.05, 3.63) is 53.9 Å². The number of carbonyl (C=O) groups is 1. The van der Waals surface area contributed by atoms with Crippen molar-refractivity contribution in [2.45, 2.75) is 25.3 Å². The number of imidazole rings is 1. The predicted octanol–water partition coefficient (Wildman–Crippen LogP) is 4.35. The number of hydrogen-bond acceptors (Lipinski definition) is 3. The number of nitrogens with zero attached hydrogens (tertiary/aromatic N) is 2. The van der Waals surface area contributed by atoms with Gasteiger partial charge in [-0.15, -0.1) is 0 Å². The lowest BCUT2D eigenvalue weighted by molar-refractivity contribution is -0.124. The summed E-state index contributed by atoms with van der Waals surface area (Å²) in [6.45, 7) is -0.355. The average molecular weight is 393 g/mol. The van der Waals surface area contributed by atoms with Crippen molar-refractivity contribution in [3.63, 3.8) is 0 Å². The number of aromatic nitrogens is 2. The van der Waals surface area contributed by atoms with Crippen LogP contribution in [0.25, 0.3) is 11.0 Å². The van der Waals surface area contributed by atoms with Gasteiger partial charge < -0.3 is 14.6 Å². The monoisotopic (exact) mass is 393 g/mol. The van der Waals surface area contributed by atoms with Gasteiger partial charge in [-0.3, -0.25) is 4.79 Å². The minimum atomic E-state index is -3.13. The summed E-state index contributed by atoms with van der Waals surface area (Å²) in [5, 5.41) is 0. The molecule has 5 nitrogen and oxygen atoms in total. The van der Waals surface area contributed by atoms with Gasteiger partial charge in [0, 0.05) is 30.3 Å².